The lowest BCUT2D eigenvalue weighted by Gasteiger charge is -2.32. The zero-order valence-electron chi connectivity index (χ0n) is 16.9. The number of methoxy groups -OCH3 is 1. The van der Waals surface area contributed by atoms with Crippen LogP contribution in [0.1, 0.15) is 25.7 Å². The van der Waals surface area contributed by atoms with Crippen molar-refractivity contribution in [3.8, 4) is 5.75 Å². The number of piperidine rings is 1. The minimum absolute atomic E-state index is 0.0715. The van der Waals surface area contributed by atoms with Gasteiger partial charge < -0.3 is 19.7 Å². The van der Waals surface area contributed by atoms with Gasteiger partial charge in [0, 0.05) is 25.9 Å². The number of carbonyl (C=O) groups is 3. The van der Waals surface area contributed by atoms with E-state index in [0.717, 1.165) is 31.6 Å². The maximum atomic E-state index is 12.6. The maximum Gasteiger partial charge on any atom is 0.319 e. The second-order valence-electron chi connectivity index (χ2n) is 7.49. The summed E-state index contributed by atoms with van der Waals surface area (Å²) in [5, 5.41) is 2.94. The highest BCUT2D eigenvalue weighted by molar-refractivity contribution is 5.97. The average molecular weight is 403 g/mol. The van der Waals surface area contributed by atoms with Gasteiger partial charge in [-0.3, -0.25) is 19.3 Å². The lowest BCUT2D eigenvalue weighted by atomic mass is 9.98. The summed E-state index contributed by atoms with van der Waals surface area (Å²) in [6, 6.07) is 7.44. The van der Waals surface area contributed by atoms with E-state index in [9.17, 15) is 14.4 Å². The molecule has 1 aromatic rings. The van der Waals surface area contributed by atoms with Gasteiger partial charge in [-0.25, -0.2) is 0 Å². The quantitative estimate of drug-likeness (QED) is 0.688. The Kier molecular flexibility index (Phi) is 7.46. The Morgan fingerprint density at radius 3 is 2.86 bits per heavy atom. The minimum atomic E-state index is -0.238. The second-order valence-corrected chi connectivity index (χ2v) is 7.49. The number of anilines is 1. The Labute approximate surface area is 171 Å². The number of nitrogens with one attached hydrogen (secondary N) is 1. The van der Waals surface area contributed by atoms with Crippen molar-refractivity contribution in [2.24, 2.45) is 5.92 Å². The summed E-state index contributed by atoms with van der Waals surface area (Å²) >= 11 is 0. The normalized spacial score (nSPS) is 19.1. The molecule has 29 heavy (non-hydrogen) atoms. The van der Waals surface area contributed by atoms with E-state index in [2.05, 4.69) is 10.2 Å². The number of likely N-dealkylation sites (tertiary alicyclic amines) is 1. The number of hydrogen-bond acceptors (Lipinski definition) is 6. The first-order chi connectivity index (χ1) is 14.1. The summed E-state index contributed by atoms with van der Waals surface area (Å²) in [5.74, 6) is 0.574. The van der Waals surface area contributed by atoms with Gasteiger partial charge in [0.05, 0.1) is 25.9 Å². The van der Waals surface area contributed by atoms with Crippen LogP contribution in [0.25, 0.3) is 0 Å². The molecule has 158 valence electrons. The van der Waals surface area contributed by atoms with Crippen LogP contribution in [0.4, 0.5) is 5.69 Å². The Bertz CT molecular complexity index is 739. The average Bonchev–Trinajstić information content (AvgIpc) is 2.75. The highest BCUT2D eigenvalue weighted by Crippen LogP contribution is 2.31. The molecule has 1 fully saturated rings. The van der Waals surface area contributed by atoms with Crippen LogP contribution in [0.3, 0.4) is 0 Å². The number of ether oxygens (including phenoxy) is 2. The molecule has 2 aliphatic rings. The molecule has 1 aromatic carbocycles. The standard InChI is InChI=1S/C21H29N3O5/c1-28-21(27)15-23-10-4-5-16(14-23)13-22-19(25)8-9-20(26)24-11-12-29-18-7-3-2-6-17(18)24/h2-3,6-7,16H,4-5,8-15H2,1H3,(H,22,25)/t16-/m0/s1. The van der Waals surface area contributed by atoms with Gasteiger partial charge >= 0.3 is 5.97 Å². The van der Waals surface area contributed by atoms with Gasteiger partial charge in [0.1, 0.15) is 12.4 Å². The van der Waals surface area contributed by atoms with Crippen LogP contribution in [0, 0.1) is 5.92 Å². The SMILES string of the molecule is COC(=O)CN1CCC[C@@H](CNC(=O)CCC(=O)N2CCOc3ccccc32)C1. The van der Waals surface area contributed by atoms with Crippen molar-refractivity contribution in [2.45, 2.75) is 25.7 Å². The highest BCUT2D eigenvalue weighted by atomic mass is 16.5. The first kappa shape index (κ1) is 21.1. The molecule has 2 amide bonds. The van der Waals surface area contributed by atoms with E-state index in [1.54, 1.807) is 4.90 Å². The first-order valence-electron chi connectivity index (χ1n) is 10.1. The van der Waals surface area contributed by atoms with Crippen LogP contribution in [0.5, 0.6) is 5.75 Å². The molecule has 0 unspecified atom stereocenters. The van der Waals surface area contributed by atoms with Crippen LogP contribution in [-0.4, -0.2) is 69.1 Å². The van der Waals surface area contributed by atoms with Crippen molar-refractivity contribution in [1.82, 2.24) is 10.2 Å². The van der Waals surface area contributed by atoms with Gasteiger partial charge in [0.15, 0.2) is 0 Å². The monoisotopic (exact) mass is 403 g/mol. The smallest absolute Gasteiger partial charge is 0.319 e. The number of esters is 1. The van der Waals surface area contributed by atoms with Gasteiger partial charge in [-0.1, -0.05) is 12.1 Å². The van der Waals surface area contributed by atoms with Gasteiger partial charge in [-0.2, -0.15) is 0 Å². The number of para-hydroxylation sites is 2. The molecule has 8 heteroatoms. The number of hydrogen-bond donors (Lipinski definition) is 1. The molecule has 0 spiro atoms. The molecular weight excluding hydrogens is 374 g/mol. The van der Waals surface area contributed by atoms with Gasteiger partial charge in [0.2, 0.25) is 11.8 Å². The summed E-state index contributed by atoms with van der Waals surface area (Å²) < 4.78 is 10.3. The zero-order chi connectivity index (χ0) is 20.6. The summed E-state index contributed by atoms with van der Waals surface area (Å²) in [7, 11) is 1.39. The number of rotatable bonds is 7. The van der Waals surface area contributed by atoms with E-state index in [0.29, 0.717) is 31.4 Å². The van der Waals surface area contributed by atoms with E-state index in [4.69, 9.17) is 9.47 Å². The predicted octanol–water partition coefficient (Wildman–Crippen LogP) is 1.19. The fourth-order valence-electron chi connectivity index (χ4n) is 3.84. The van der Waals surface area contributed by atoms with E-state index >= 15 is 0 Å². The van der Waals surface area contributed by atoms with Crippen molar-refractivity contribution in [2.75, 3.05) is 51.3 Å². The Balaban J connectivity index is 1.40. The summed E-state index contributed by atoms with van der Waals surface area (Å²) in [6.45, 7) is 3.43. The number of carbonyl (C=O) groups excluding carboxylic acids is 3. The second kappa shape index (κ2) is 10.2. The molecule has 1 saturated heterocycles. The van der Waals surface area contributed by atoms with Crippen molar-refractivity contribution in [3.63, 3.8) is 0 Å². The molecule has 3 rings (SSSR count). The maximum absolute atomic E-state index is 12.6. The number of amides is 2. The van der Waals surface area contributed by atoms with Crippen molar-refractivity contribution in [1.29, 1.82) is 0 Å². The van der Waals surface area contributed by atoms with Crippen molar-refractivity contribution >= 4 is 23.5 Å². The lowest BCUT2D eigenvalue weighted by Crippen LogP contribution is -2.43. The van der Waals surface area contributed by atoms with E-state index < -0.39 is 0 Å². The third kappa shape index (κ3) is 5.93. The Morgan fingerprint density at radius 2 is 2.03 bits per heavy atom. The van der Waals surface area contributed by atoms with E-state index in [1.807, 2.05) is 24.3 Å². The van der Waals surface area contributed by atoms with E-state index in [1.165, 1.54) is 7.11 Å². The minimum Gasteiger partial charge on any atom is -0.490 e. The molecule has 0 saturated carbocycles. The molecule has 1 N–H and O–H groups in total. The van der Waals surface area contributed by atoms with Gasteiger partial charge in [0.25, 0.3) is 0 Å². The Hall–Kier alpha value is -2.61. The molecule has 0 radical (unpaired) electrons. The fraction of sp³-hybridized carbons (Fsp3) is 0.571. The largest absolute Gasteiger partial charge is 0.490 e. The number of benzene rings is 1. The molecule has 0 aliphatic carbocycles. The molecule has 0 bridgehead atoms. The van der Waals surface area contributed by atoms with Crippen LogP contribution >= 0.6 is 0 Å². The lowest BCUT2D eigenvalue weighted by molar-refractivity contribution is -0.142. The van der Waals surface area contributed by atoms with Crippen LogP contribution < -0.4 is 15.0 Å². The number of fused-ring (bicyclic) bond motifs is 1. The summed E-state index contributed by atoms with van der Waals surface area (Å²) in [5.41, 5.74) is 0.761. The molecular formula is C21H29N3O5. The summed E-state index contributed by atoms with van der Waals surface area (Å²) in [4.78, 5) is 40.0. The van der Waals surface area contributed by atoms with Crippen LogP contribution in [0.15, 0.2) is 24.3 Å². The summed E-state index contributed by atoms with van der Waals surface area (Å²) in [6.07, 6.45) is 2.34. The molecule has 8 nitrogen and oxygen atoms in total. The predicted molar refractivity (Wildman–Crippen MR) is 108 cm³/mol. The van der Waals surface area contributed by atoms with Crippen LogP contribution in [0.2, 0.25) is 0 Å². The van der Waals surface area contributed by atoms with Crippen molar-refractivity contribution in [3.05, 3.63) is 24.3 Å². The molecule has 1 atom stereocenters. The molecule has 0 aromatic heterocycles. The molecule has 2 aliphatic heterocycles. The first-order valence-corrected chi connectivity index (χ1v) is 10.1. The van der Waals surface area contributed by atoms with E-state index in [-0.39, 0.29) is 37.2 Å². The van der Waals surface area contributed by atoms with Crippen LogP contribution in [-0.2, 0) is 19.1 Å². The van der Waals surface area contributed by atoms with Gasteiger partial charge in [-0.05, 0) is 37.4 Å². The molecule has 2 heterocycles. The third-order valence-electron chi connectivity index (χ3n) is 5.37. The number of nitrogens with zero attached hydrogens (tertiary/aromatic N) is 2. The fourth-order valence-corrected chi connectivity index (χ4v) is 3.84. The van der Waals surface area contributed by atoms with Gasteiger partial charge in [-0.15, -0.1) is 0 Å². The topological polar surface area (TPSA) is 88.2 Å². The van der Waals surface area contributed by atoms with Crippen molar-refractivity contribution < 1.29 is 23.9 Å². The Morgan fingerprint density at radius 1 is 1.21 bits per heavy atom. The third-order valence-corrected chi connectivity index (χ3v) is 5.37. The zero-order valence-corrected chi connectivity index (χ0v) is 16.9. The highest BCUT2D eigenvalue weighted by Gasteiger charge is 2.25.